The van der Waals surface area contributed by atoms with Crippen molar-refractivity contribution < 1.29 is 9.59 Å². The lowest BCUT2D eigenvalue weighted by Gasteiger charge is -2.17. The van der Waals surface area contributed by atoms with Crippen LogP contribution in [-0.2, 0) is 9.59 Å². The van der Waals surface area contributed by atoms with Gasteiger partial charge in [-0.05, 0) is 20.6 Å². The molecule has 0 radical (unpaired) electrons. The van der Waals surface area contributed by atoms with Crippen LogP contribution in [0.4, 0.5) is 0 Å². The first-order valence-electron chi connectivity index (χ1n) is 3.51. The predicted octanol–water partition coefficient (Wildman–Crippen LogP) is -0.180. The molecule has 1 aliphatic heterocycles. The van der Waals surface area contributed by atoms with Gasteiger partial charge < -0.3 is 0 Å². The Kier molecular flexibility index (Phi) is 2.03. The Bertz CT molecular complexity index is 280. The molecule has 0 N–H and O–H groups in total. The average Bonchev–Trinajstić information content (AvgIpc) is 2.28. The first-order chi connectivity index (χ1) is 5.57. The molecule has 64 valence electrons. The van der Waals surface area contributed by atoms with Crippen molar-refractivity contribution in [2.24, 2.45) is 9.98 Å². The van der Waals surface area contributed by atoms with Crippen LogP contribution in [0.5, 0.6) is 0 Å². The van der Waals surface area contributed by atoms with E-state index in [9.17, 15) is 9.59 Å². The van der Waals surface area contributed by atoms with Gasteiger partial charge in [0.2, 0.25) is 5.96 Å². The van der Waals surface area contributed by atoms with E-state index in [1.54, 1.807) is 13.8 Å². The van der Waals surface area contributed by atoms with E-state index in [0.29, 0.717) is 0 Å². The minimum atomic E-state index is -0.772. The van der Waals surface area contributed by atoms with Crippen molar-refractivity contribution in [3.05, 3.63) is 0 Å². The largest absolute Gasteiger partial charge is 0.338 e. The molecule has 0 spiro atoms. The molecule has 0 aromatic rings. The van der Waals surface area contributed by atoms with Gasteiger partial charge in [0.15, 0.2) is 0 Å². The maximum atomic E-state index is 11.1. The van der Waals surface area contributed by atoms with Gasteiger partial charge in [-0.25, -0.2) is 4.99 Å². The Morgan fingerprint density at radius 3 is 2.42 bits per heavy atom. The molecule has 1 rings (SSSR count). The normalized spacial score (nSPS) is 17.2. The Morgan fingerprint density at radius 1 is 1.50 bits per heavy atom. The van der Waals surface area contributed by atoms with Crippen LogP contribution < -0.4 is 0 Å². The molecule has 12 heavy (non-hydrogen) atoms. The third-order valence-corrected chi connectivity index (χ3v) is 1.48. The highest BCUT2D eigenvalue weighted by molar-refractivity contribution is 6.44. The molecule has 5 nitrogen and oxygen atoms in total. The van der Waals surface area contributed by atoms with Crippen molar-refractivity contribution in [2.75, 3.05) is 0 Å². The smallest absolute Gasteiger partial charge is 0.270 e. The monoisotopic (exact) mass is 167 g/mol. The zero-order chi connectivity index (χ0) is 9.30. The van der Waals surface area contributed by atoms with Gasteiger partial charge in [0.1, 0.15) is 0 Å². The highest BCUT2D eigenvalue weighted by atomic mass is 16.2. The van der Waals surface area contributed by atoms with Gasteiger partial charge >= 0.3 is 11.8 Å². The second-order valence-corrected chi connectivity index (χ2v) is 2.64. The van der Waals surface area contributed by atoms with Crippen LogP contribution in [0.2, 0.25) is 0 Å². The topological polar surface area (TPSA) is 62.1 Å². The van der Waals surface area contributed by atoms with E-state index in [4.69, 9.17) is 0 Å². The van der Waals surface area contributed by atoms with E-state index in [0.717, 1.165) is 0 Å². The van der Waals surface area contributed by atoms with Crippen molar-refractivity contribution in [3.8, 4) is 0 Å². The third-order valence-electron chi connectivity index (χ3n) is 1.48. The quantitative estimate of drug-likeness (QED) is 0.401. The fourth-order valence-corrected chi connectivity index (χ4v) is 0.963. The van der Waals surface area contributed by atoms with E-state index in [-0.39, 0.29) is 12.0 Å². The van der Waals surface area contributed by atoms with Crippen LogP contribution in [0.15, 0.2) is 9.98 Å². The summed E-state index contributed by atoms with van der Waals surface area (Å²) in [6.07, 6.45) is 0. The van der Waals surface area contributed by atoms with Crippen molar-refractivity contribution in [1.29, 1.82) is 0 Å². The van der Waals surface area contributed by atoms with Gasteiger partial charge in [0.05, 0.1) is 0 Å². The molecule has 0 saturated heterocycles. The first-order valence-corrected chi connectivity index (χ1v) is 3.51. The zero-order valence-electron chi connectivity index (χ0n) is 6.94. The molecule has 2 amide bonds. The lowest BCUT2D eigenvalue weighted by atomic mass is 10.3. The minimum Gasteiger partial charge on any atom is -0.270 e. The fourth-order valence-electron chi connectivity index (χ4n) is 0.963. The van der Waals surface area contributed by atoms with Gasteiger partial charge in [0.25, 0.3) is 0 Å². The minimum absolute atomic E-state index is 0.0972. The second-order valence-electron chi connectivity index (χ2n) is 2.64. The molecule has 1 aliphatic rings. The van der Waals surface area contributed by atoms with E-state index in [1.807, 2.05) is 0 Å². The molecule has 0 saturated carbocycles. The highest BCUT2D eigenvalue weighted by Gasteiger charge is 2.34. The number of carbonyl (C=O) groups is 2. The maximum Gasteiger partial charge on any atom is 0.338 e. The molecular formula is C7H9N3O2. The number of hydrogen-bond donors (Lipinski definition) is 0. The van der Waals surface area contributed by atoms with Gasteiger partial charge in [-0.3, -0.25) is 14.5 Å². The Hall–Kier alpha value is -1.52. The maximum absolute atomic E-state index is 11.1. The molecule has 0 bridgehead atoms. The molecule has 1 heterocycles. The Morgan fingerprint density at radius 2 is 2.08 bits per heavy atom. The summed E-state index contributed by atoms with van der Waals surface area (Å²) in [5.41, 5.74) is 0. The van der Waals surface area contributed by atoms with E-state index >= 15 is 0 Å². The lowest BCUT2D eigenvalue weighted by Crippen LogP contribution is -2.38. The SMILES string of the molecule is C=NC1=NC(=O)C(=O)N1C(C)C. The van der Waals surface area contributed by atoms with Gasteiger partial charge in [0, 0.05) is 6.04 Å². The van der Waals surface area contributed by atoms with Crippen LogP contribution in [0, 0.1) is 0 Å². The predicted molar refractivity (Wildman–Crippen MR) is 44.0 cm³/mol. The number of guanidine groups is 1. The van der Waals surface area contributed by atoms with Gasteiger partial charge in [-0.15, -0.1) is 0 Å². The van der Waals surface area contributed by atoms with Crippen molar-refractivity contribution in [3.63, 3.8) is 0 Å². The molecule has 0 atom stereocenters. The molecule has 5 heteroatoms. The number of nitrogens with zero attached hydrogens (tertiary/aromatic N) is 3. The number of rotatable bonds is 1. The summed E-state index contributed by atoms with van der Waals surface area (Å²) in [6, 6.07) is -0.117. The van der Waals surface area contributed by atoms with Crippen LogP contribution in [0.1, 0.15) is 13.8 Å². The molecule has 0 aromatic heterocycles. The Balaban J connectivity index is 3.00. The van der Waals surface area contributed by atoms with Crippen LogP contribution in [0.3, 0.4) is 0 Å². The van der Waals surface area contributed by atoms with Crippen LogP contribution >= 0.6 is 0 Å². The fraction of sp³-hybridized carbons (Fsp3) is 0.429. The summed E-state index contributed by atoms with van der Waals surface area (Å²) in [5, 5.41) is 0. The van der Waals surface area contributed by atoms with Crippen LogP contribution in [0.25, 0.3) is 0 Å². The van der Waals surface area contributed by atoms with Crippen molar-refractivity contribution >= 4 is 24.5 Å². The summed E-state index contributed by atoms with van der Waals surface area (Å²) < 4.78 is 0. The first kappa shape index (κ1) is 8.58. The molecule has 0 unspecified atom stereocenters. The highest BCUT2D eigenvalue weighted by Crippen LogP contribution is 2.09. The molecular weight excluding hydrogens is 158 g/mol. The van der Waals surface area contributed by atoms with Crippen molar-refractivity contribution in [1.82, 2.24) is 4.90 Å². The number of amides is 2. The molecule has 0 fully saturated rings. The van der Waals surface area contributed by atoms with Crippen LogP contribution in [-0.4, -0.2) is 35.4 Å². The zero-order valence-corrected chi connectivity index (χ0v) is 6.94. The van der Waals surface area contributed by atoms with Gasteiger partial charge in [-0.1, -0.05) is 0 Å². The number of carbonyl (C=O) groups excluding carboxylic acids is 2. The van der Waals surface area contributed by atoms with Crippen molar-refractivity contribution in [2.45, 2.75) is 19.9 Å². The summed E-state index contributed by atoms with van der Waals surface area (Å²) in [4.78, 5) is 30.0. The van der Waals surface area contributed by atoms with E-state index in [1.165, 1.54) is 4.90 Å². The van der Waals surface area contributed by atoms with E-state index in [2.05, 4.69) is 16.7 Å². The molecule has 0 aliphatic carbocycles. The number of hydrogen-bond acceptors (Lipinski definition) is 3. The third kappa shape index (κ3) is 1.13. The Labute approximate surface area is 69.8 Å². The van der Waals surface area contributed by atoms with E-state index < -0.39 is 11.8 Å². The summed E-state index contributed by atoms with van der Waals surface area (Å²) in [6.45, 7) is 6.77. The number of aliphatic imine (C=N–C) groups is 2. The van der Waals surface area contributed by atoms with Gasteiger partial charge in [-0.2, -0.15) is 4.99 Å². The molecule has 0 aromatic carbocycles. The standard InChI is InChI=1S/C7H9N3O2/c1-4(2)10-6(12)5(11)9-7(10)8-3/h4H,3H2,1-2H3. The summed E-state index contributed by atoms with van der Waals surface area (Å²) in [7, 11) is 0. The lowest BCUT2D eigenvalue weighted by molar-refractivity contribution is -0.140. The summed E-state index contributed by atoms with van der Waals surface area (Å²) >= 11 is 0. The summed E-state index contributed by atoms with van der Waals surface area (Å²) in [5.74, 6) is -1.31. The average molecular weight is 167 g/mol. The second kappa shape index (κ2) is 2.84.